The number of barbiturate groups is 1. The first kappa shape index (κ1) is 25.7. The highest BCUT2D eigenvalue weighted by atomic mass is 127. The normalized spacial score (nSPS) is 14.7. The number of ether oxygens (including phenoxy) is 2. The van der Waals surface area contributed by atoms with Crippen LogP contribution in [0.5, 0.6) is 11.5 Å². The van der Waals surface area contributed by atoms with Gasteiger partial charge >= 0.3 is 6.03 Å². The molecule has 0 saturated carbocycles. The summed E-state index contributed by atoms with van der Waals surface area (Å²) < 4.78 is 12.6. The number of amides is 4. The maximum absolute atomic E-state index is 13.2. The number of nitrogens with zero attached hydrogens (tertiary/aromatic N) is 1. The third-order valence-electron chi connectivity index (χ3n) is 5.30. The van der Waals surface area contributed by atoms with Crippen molar-refractivity contribution in [2.45, 2.75) is 20.5 Å². The first-order valence-electron chi connectivity index (χ1n) is 11.1. The average molecular weight is 617 g/mol. The third kappa shape index (κ3) is 5.71. The van der Waals surface area contributed by atoms with Gasteiger partial charge in [0, 0.05) is 5.02 Å². The number of halogens is 2. The van der Waals surface area contributed by atoms with Gasteiger partial charge in [-0.1, -0.05) is 35.9 Å². The minimum absolute atomic E-state index is 0.163. The van der Waals surface area contributed by atoms with Crippen molar-refractivity contribution in [3.05, 3.63) is 91.5 Å². The lowest BCUT2D eigenvalue weighted by Gasteiger charge is -2.26. The van der Waals surface area contributed by atoms with Gasteiger partial charge in [-0.25, -0.2) is 9.69 Å². The summed E-state index contributed by atoms with van der Waals surface area (Å²) in [4.78, 5) is 39.2. The number of urea groups is 1. The van der Waals surface area contributed by atoms with Crippen LogP contribution >= 0.6 is 34.2 Å². The summed E-state index contributed by atoms with van der Waals surface area (Å²) in [7, 11) is 0. The number of imide groups is 2. The number of aryl methyl sites for hydroxylation is 1. The maximum Gasteiger partial charge on any atom is 0.335 e. The average Bonchev–Trinajstić information content (AvgIpc) is 2.82. The van der Waals surface area contributed by atoms with E-state index in [1.807, 2.05) is 32.0 Å². The fourth-order valence-corrected chi connectivity index (χ4v) is 4.54. The van der Waals surface area contributed by atoms with Crippen LogP contribution < -0.4 is 19.7 Å². The van der Waals surface area contributed by atoms with Crippen LogP contribution in [-0.4, -0.2) is 24.5 Å². The predicted octanol–water partition coefficient (Wildman–Crippen LogP) is 5.90. The smallest absolute Gasteiger partial charge is 0.335 e. The maximum atomic E-state index is 13.2. The lowest BCUT2D eigenvalue weighted by Crippen LogP contribution is -2.54. The topological polar surface area (TPSA) is 84.9 Å². The molecule has 0 aliphatic carbocycles. The molecule has 1 aliphatic heterocycles. The lowest BCUT2D eigenvalue weighted by atomic mass is 10.1. The van der Waals surface area contributed by atoms with Gasteiger partial charge in [-0.2, -0.15) is 0 Å². The number of nitrogens with one attached hydrogen (secondary N) is 1. The second-order valence-electron chi connectivity index (χ2n) is 7.97. The summed E-state index contributed by atoms with van der Waals surface area (Å²) in [5.74, 6) is -0.443. The van der Waals surface area contributed by atoms with Gasteiger partial charge in [0.1, 0.15) is 12.2 Å². The molecule has 9 heteroatoms. The molecule has 1 heterocycles. The van der Waals surface area contributed by atoms with Crippen LogP contribution in [0.4, 0.5) is 10.5 Å². The van der Waals surface area contributed by atoms with E-state index in [1.54, 1.807) is 42.5 Å². The van der Waals surface area contributed by atoms with Crippen molar-refractivity contribution < 1.29 is 23.9 Å². The third-order valence-corrected chi connectivity index (χ3v) is 6.35. The predicted molar refractivity (Wildman–Crippen MR) is 146 cm³/mol. The minimum atomic E-state index is -0.789. The summed E-state index contributed by atoms with van der Waals surface area (Å²) in [5.41, 5.74) is 2.59. The van der Waals surface area contributed by atoms with Gasteiger partial charge in [-0.05, 0) is 95.6 Å². The summed E-state index contributed by atoms with van der Waals surface area (Å²) in [6, 6.07) is 17.0. The Morgan fingerprint density at radius 3 is 2.47 bits per heavy atom. The van der Waals surface area contributed by atoms with Crippen LogP contribution in [-0.2, 0) is 16.2 Å². The van der Waals surface area contributed by atoms with E-state index < -0.39 is 17.8 Å². The standard InChI is InChI=1S/C27H22ClIN2O5/c1-3-35-23-14-18(13-22(29)24(23)36-15-17-7-9-19(28)10-8-17)12-21-25(32)30-27(34)31(26(21)33)20-6-4-5-16(2)11-20/h4-14H,3,15H2,1-2H3,(H,30,32,34)/b21-12+. The molecule has 184 valence electrons. The van der Waals surface area contributed by atoms with E-state index >= 15 is 0 Å². The molecule has 1 fully saturated rings. The number of hydrogen-bond acceptors (Lipinski definition) is 5. The molecular formula is C27H22ClIN2O5. The van der Waals surface area contributed by atoms with E-state index in [2.05, 4.69) is 27.9 Å². The number of benzene rings is 3. The molecule has 3 aromatic carbocycles. The molecule has 1 aliphatic rings. The van der Waals surface area contributed by atoms with E-state index in [4.69, 9.17) is 21.1 Å². The van der Waals surface area contributed by atoms with Crippen LogP contribution in [0.1, 0.15) is 23.6 Å². The first-order valence-corrected chi connectivity index (χ1v) is 12.5. The Balaban J connectivity index is 1.66. The molecule has 3 aromatic rings. The van der Waals surface area contributed by atoms with Crippen LogP contribution in [0, 0.1) is 10.5 Å². The molecular weight excluding hydrogens is 595 g/mol. The molecule has 0 spiro atoms. The highest BCUT2D eigenvalue weighted by molar-refractivity contribution is 14.1. The molecule has 1 N–H and O–H groups in total. The van der Waals surface area contributed by atoms with E-state index in [1.165, 1.54) is 6.08 Å². The van der Waals surface area contributed by atoms with Crippen molar-refractivity contribution in [2.75, 3.05) is 11.5 Å². The van der Waals surface area contributed by atoms with Gasteiger partial charge in [-0.15, -0.1) is 0 Å². The summed E-state index contributed by atoms with van der Waals surface area (Å²) >= 11 is 8.07. The fraction of sp³-hybridized carbons (Fsp3) is 0.148. The minimum Gasteiger partial charge on any atom is -0.490 e. The zero-order valence-electron chi connectivity index (χ0n) is 19.5. The van der Waals surface area contributed by atoms with Gasteiger partial charge in [0.05, 0.1) is 15.9 Å². The summed E-state index contributed by atoms with van der Waals surface area (Å²) in [5, 5.41) is 2.89. The SMILES string of the molecule is CCOc1cc(/C=C2\C(=O)NC(=O)N(c3cccc(C)c3)C2=O)cc(I)c1OCc1ccc(Cl)cc1. The molecule has 0 bridgehead atoms. The van der Waals surface area contributed by atoms with Crippen molar-refractivity contribution in [2.24, 2.45) is 0 Å². The Morgan fingerprint density at radius 1 is 1.03 bits per heavy atom. The van der Waals surface area contributed by atoms with Crippen LogP contribution in [0.15, 0.2) is 66.2 Å². The van der Waals surface area contributed by atoms with Crippen molar-refractivity contribution >= 4 is 63.8 Å². The van der Waals surface area contributed by atoms with Gasteiger partial charge in [0.2, 0.25) is 0 Å². The Morgan fingerprint density at radius 2 is 1.78 bits per heavy atom. The van der Waals surface area contributed by atoms with Crippen molar-refractivity contribution in [3.63, 3.8) is 0 Å². The van der Waals surface area contributed by atoms with Gasteiger partial charge in [0.15, 0.2) is 11.5 Å². The van der Waals surface area contributed by atoms with Crippen LogP contribution in [0.3, 0.4) is 0 Å². The van der Waals surface area contributed by atoms with Gasteiger partial charge in [0.25, 0.3) is 11.8 Å². The van der Waals surface area contributed by atoms with E-state index in [-0.39, 0.29) is 5.57 Å². The second-order valence-corrected chi connectivity index (χ2v) is 9.57. The van der Waals surface area contributed by atoms with Crippen molar-refractivity contribution in [1.82, 2.24) is 5.32 Å². The number of rotatable bonds is 7. The molecule has 4 amide bonds. The Hall–Kier alpha value is -3.37. The second kappa shape index (κ2) is 11.1. The zero-order chi connectivity index (χ0) is 25.8. The van der Waals surface area contributed by atoms with E-state index in [9.17, 15) is 14.4 Å². The quantitative estimate of drug-likeness (QED) is 0.203. The molecule has 0 radical (unpaired) electrons. The van der Waals surface area contributed by atoms with E-state index in [0.717, 1.165) is 19.6 Å². The highest BCUT2D eigenvalue weighted by Gasteiger charge is 2.36. The van der Waals surface area contributed by atoms with Crippen molar-refractivity contribution in [3.8, 4) is 11.5 Å². The summed E-state index contributed by atoms with van der Waals surface area (Å²) in [6.45, 7) is 4.40. The molecule has 36 heavy (non-hydrogen) atoms. The highest BCUT2D eigenvalue weighted by Crippen LogP contribution is 2.36. The zero-order valence-corrected chi connectivity index (χ0v) is 22.4. The monoisotopic (exact) mass is 616 g/mol. The molecule has 7 nitrogen and oxygen atoms in total. The number of carbonyl (C=O) groups is 3. The lowest BCUT2D eigenvalue weighted by molar-refractivity contribution is -0.122. The molecule has 0 aromatic heterocycles. The van der Waals surface area contributed by atoms with Gasteiger partial charge < -0.3 is 9.47 Å². The molecule has 0 atom stereocenters. The molecule has 0 unspecified atom stereocenters. The first-order chi connectivity index (χ1) is 17.3. The van der Waals surface area contributed by atoms with Crippen LogP contribution in [0.25, 0.3) is 6.08 Å². The van der Waals surface area contributed by atoms with Crippen molar-refractivity contribution in [1.29, 1.82) is 0 Å². The number of anilines is 1. The summed E-state index contributed by atoms with van der Waals surface area (Å²) in [6.07, 6.45) is 1.45. The molecule has 1 saturated heterocycles. The molecule has 4 rings (SSSR count). The Kier molecular flexibility index (Phi) is 7.95. The van der Waals surface area contributed by atoms with Crippen LogP contribution in [0.2, 0.25) is 5.02 Å². The van der Waals surface area contributed by atoms with E-state index in [0.29, 0.717) is 41.0 Å². The fourth-order valence-electron chi connectivity index (χ4n) is 3.64. The largest absolute Gasteiger partial charge is 0.490 e. The Bertz CT molecular complexity index is 1370. The number of carbonyl (C=O) groups excluding carboxylic acids is 3. The van der Waals surface area contributed by atoms with Gasteiger partial charge in [-0.3, -0.25) is 14.9 Å². The number of hydrogen-bond donors (Lipinski definition) is 1. The Labute approximate surface area is 227 Å².